The molecule has 8 nitrogen and oxygen atoms in total. The zero-order valence-corrected chi connectivity index (χ0v) is 20.7. The van der Waals surface area contributed by atoms with Gasteiger partial charge in [0.05, 0.1) is 6.10 Å². The molecule has 182 valence electrons. The lowest BCUT2D eigenvalue weighted by Gasteiger charge is -2.43. The number of nitrogens with one attached hydrogen (secondary N) is 2. The van der Waals surface area contributed by atoms with E-state index < -0.39 is 18.1 Å². The smallest absolute Gasteiger partial charge is 0.268 e. The van der Waals surface area contributed by atoms with Gasteiger partial charge in [-0.25, -0.2) is 0 Å². The molecule has 2 fully saturated rings. The molecule has 2 saturated heterocycles. The van der Waals surface area contributed by atoms with Gasteiger partial charge in [0.15, 0.2) is 0 Å². The highest BCUT2D eigenvalue weighted by molar-refractivity contribution is 6.31. The number of carbonyl (C=O) groups is 2. The first-order valence-electron chi connectivity index (χ1n) is 11.3. The van der Waals surface area contributed by atoms with Crippen LogP contribution in [-0.4, -0.2) is 101 Å². The molecule has 0 spiro atoms. The number of hydrogen-bond acceptors (Lipinski definition) is 5. The van der Waals surface area contributed by atoms with Crippen LogP contribution in [0.25, 0.3) is 10.9 Å². The van der Waals surface area contributed by atoms with Gasteiger partial charge in [-0.2, -0.15) is 0 Å². The first kappa shape index (κ1) is 25.8. The summed E-state index contributed by atoms with van der Waals surface area (Å²) in [5, 5.41) is 14.4. The molecule has 0 unspecified atom stereocenters. The predicted molar refractivity (Wildman–Crippen MR) is 132 cm³/mol. The number of nitrogens with zero attached hydrogens (tertiary/aromatic N) is 3. The Balaban J connectivity index is 0.00000306. The SMILES string of the molecule is C[C@@H](O)[C@@H](NC(=O)c1cc2cc(Cl)ccc2[nH]1)C(=O)N1CCN(C2CCN(C)CC2)CC1.Cl. The minimum Gasteiger partial charge on any atom is -0.391 e. The molecular formula is C23H33Cl2N5O3. The summed E-state index contributed by atoms with van der Waals surface area (Å²) in [7, 11) is 2.16. The average Bonchev–Trinajstić information content (AvgIpc) is 3.21. The number of aliphatic hydroxyl groups excluding tert-OH is 1. The van der Waals surface area contributed by atoms with Crippen LogP contribution in [0.2, 0.25) is 5.02 Å². The maximum absolute atomic E-state index is 13.1. The number of benzene rings is 1. The number of rotatable bonds is 5. The van der Waals surface area contributed by atoms with E-state index in [1.165, 1.54) is 6.92 Å². The van der Waals surface area contributed by atoms with Crippen LogP contribution in [0.3, 0.4) is 0 Å². The molecule has 2 aliphatic heterocycles. The van der Waals surface area contributed by atoms with Gasteiger partial charge in [-0.05, 0) is 64.2 Å². The highest BCUT2D eigenvalue weighted by Gasteiger charge is 2.34. The van der Waals surface area contributed by atoms with Crippen molar-refractivity contribution in [2.24, 2.45) is 0 Å². The maximum Gasteiger partial charge on any atom is 0.268 e. The van der Waals surface area contributed by atoms with E-state index in [-0.39, 0.29) is 18.3 Å². The molecule has 3 N–H and O–H groups in total. The van der Waals surface area contributed by atoms with E-state index in [9.17, 15) is 14.7 Å². The fraction of sp³-hybridized carbons (Fsp3) is 0.565. The second kappa shape index (κ2) is 11.1. The van der Waals surface area contributed by atoms with Crippen molar-refractivity contribution in [3.05, 3.63) is 35.0 Å². The Labute approximate surface area is 205 Å². The summed E-state index contributed by atoms with van der Waals surface area (Å²) in [6.45, 7) is 6.61. The zero-order valence-electron chi connectivity index (χ0n) is 19.1. The number of aliphatic hydroxyl groups is 1. The lowest BCUT2D eigenvalue weighted by molar-refractivity contribution is -0.138. The third-order valence-corrected chi connectivity index (χ3v) is 6.93. The normalized spacial score (nSPS) is 20.3. The van der Waals surface area contributed by atoms with Crippen molar-refractivity contribution in [3.63, 3.8) is 0 Å². The molecule has 0 saturated carbocycles. The number of fused-ring (bicyclic) bond motifs is 1. The minimum absolute atomic E-state index is 0. The lowest BCUT2D eigenvalue weighted by atomic mass is 10.0. The Morgan fingerprint density at radius 1 is 1.12 bits per heavy atom. The summed E-state index contributed by atoms with van der Waals surface area (Å²) in [4.78, 5) is 35.6. The molecule has 2 atom stereocenters. The number of amides is 2. The van der Waals surface area contributed by atoms with Gasteiger partial charge in [-0.3, -0.25) is 14.5 Å². The van der Waals surface area contributed by atoms with Crippen LogP contribution in [0.1, 0.15) is 30.3 Å². The van der Waals surface area contributed by atoms with Crippen LogP contribution >= 0.6 is 24.0 Å². The number of halogens is 2. The van der Waals surface area contributed by atoms with Crippen LogP contribution in [0.5, 0.6) is 0 Å². The Kier molecular flexibility index (Phi) is 8.64. The number of piperazine rings is 1. The van der Waals surface area contributed by atoms with Crippen LogP contribution in [0.4, 0.5) is 0 Å². The van der Waals surface area contributed by atoms with Crippen molar-refractivity contribution < 1.29 is 14.7 Å². The first-order chi connectivity index (χ1) is 15.3. The molecular weight excluding hydrogens is 465 g/mol. The van der Waals surface area contributed by atoms with Gasteiger partial charge in [-0.1, -0.05) is 11.6 Å². The van der Waals surface area contributed by atoms with Crippen molar-refractivity contribution in [1.82, 2.24) is 25.0 Å². The van der Waals surface area contributed by atoms with Crippen LogP contribution in [0, 0.1) is 0 Å². The molecule has 2 aromatic rings. The first-order valence-corrected chi connectivity index (χ1v) is 11.7. The average molecular weight is 498 g/mol. The van der Waals surface area contributed by atoms with Gasteiger partial charge < -0.3 is 25.2 Å². The predicted octanol–water partition coefficient (Wildman–Crippen LogP) is 1.96. The van der Waals surface area contributed by atoms with E-state index in [0.29, 0.717) is 29.8 Å². The Morgan fingerprint density at radius 3 is 2.42 bits per heavy atom. The molecule has 33 heavy (non-hydrogen) atoms. The third kappa shape index (κ3) is 6.00. The molecule has 0 radical (unpaired) electrons. The van der Waals surface area contributed by atoms with E-state index in [2.05, 4.69) is 27.1 Å². The quantitative estimate of drug-likeness (QED) is 0.587. The van der Waals surface area contributed by atoms with Gasteiger partial charge in [-0.15, -0.1) is 12.4 Å². The molecule has 0 bridgehead atoms. The monoisotopic (exact) mass is 497 g/mol. The number of likely N-dealkylation sites (tertiary alicyclic amines) is 1. The summed E-state index contributed by atoms with van der Waals surface area (Å²) in [6, 6.07) is 6.59. The van der Waals surface area contributed by atoms with Gasteiger partial charge in [0.1, 0.15) is 11.7 Å². The number of aromatic amines is 1. The van der Waals surface area contributed by atoms with E-state index in [1.54, 1.807) is 29.2 Å². The van der Waals surface area contributed by atoms with Crippen LogP contribution < -0.4 is 5.32 Å². The van der Waals surface area contributed by atoms with Crippen molar-refractivity contribution in [1.29, 1.82) is 0 Å². The van der Waals surface area contributed by atoms with Crippen LogP contribution in [0.15, 0.2) is 24.3 Å². The highest BCUT2D eigenvalue weighted by Crippen LogP contribution is 2.21. The number of carbonyl (C=O) groups excluding carboxylic acids is 2. The van der Waals surface area contributed by atoms with E-state index >= 15 is 0 Å². The van der Waals surface area contributed by atoms with Crippen molar-refractivity contribution in [2.45, 2.75) is 38.0 Å². The highest BCUT2D eigenvalue weighted by atomic mass is 35.5. The summed E-state index contributed by atoms with van der Waals surface area (Å²) in [5.74, 6) is -0.669. The second-order valence-corrected chi connectivity index (χ2v) is 9.44. The molecule has 2 amide bonds. The molecule has 4 rings (SSSR count). The summed E-state index contributed by atoms with van der Waals surface area (Å²) in [5.41, 5.74) is 1.11. The van der Waals surface area contributed by atoms with Gasteiger partial charge in [0.25, 0.3) is 5.91 Å². The number of aromatic nitrogens is 1. The van der Waals surface area contributed by atoms with E-state index in [0.717, 1.165) is 49.9 Å². The van der Waals surface area contributed by atoms with Gasteiger partial charge in [0, 0.05) is 48.1 Å². The Morgan fingerprint density at radius 2 is 1.79 bits per heavy atom. The molecule has 1 aromatic carbocycles. The number of piperidine rings is 1. The standard InChI is InChI=1S/C23H32ClN5O3.ClH/c1-15(30)21(26-22(31)20-14-16-13-17(24)3-4-19(16)25-20)23(32)29-11-9-28(10-12-29)18-5-7-27(2)8-6-18;/h3-4,13-15,18,21,25,30H,5-12H2,1-2H3,(H,26,31);1H/t15-,21-;/m1./s1. The number of H-pyrrole nitrogens is 1. The zero-order chi connectivity index (χ0) is 22.8. The largest absolute Gasteiger partial charge is 0.391 e. The fourth-order valence-corrected chi connectivity index (χ4v) is 4.88. The maximum atomic E-state index is 13.1. The Bertz CT molecular complexity index is 966. The number of hydrogen-bond donors (Lipinski definition) is 3. The molecule has 2 aliphatic rings. The minimum atomic E-state index is -1.00. The summed E-state index contributed by atoms with van der Waals surface area (Å²) < 4.78 is 0. The topological polar surface area (TPSA) is 91.9 Å². The fourth-order valence-electron chi connectivity index (χ4n) is 4.70. The van der Waals surface area contributed by atoms with Crippen molar-refractivity contribution in [2.75, 3.05) is 46.3 Å². The van der Waals surface area contributed by atoms with Gasteiger partial charge >= 0.3 is 0 Å². The molecule has 1 aromatic heterocycles. The summed E-state index contributed by atoms with van der Waals surface area (Å²) in [6.07, 6.45) is 1.32. The van der Waals surface area contributed by atoms with Gasteiger partial charge in [0.2, 0.25) is 5.91 Å². The summed E-state index contributed by atoms with van der Waals surface area (Å²) >= 11 is 6.02. The van der Waals surface area contributed by atoms with Crippen molar-refractivity contribution in [3.8, 4) is 0 Å². The lowest BCUT2D eigenvalue weighted by Crippen LogP contribution is -2.59. The molecule has 3 heterocycles. The molecule has 10 heteroatoms. The third-order valence-electron chi connectivity index (χ3n) is 6.69. The molecule has 0 aliphatic carbocycles. The second-order valence-electron chi connectivity index (χ2n) is 9.00. The van der Waals surface area contributed by atoms with E-state index in [4.69, 9.17) is 11.6 Å². The van der Waals surface area contributed by atoms with Crippen molar-refractivity contribution >= 4 is 46.7 Å². The van der Waals surface area contributed by atoms with E-state index in [1.807, 2.05) is 0 Å². The Hall–Kier alpha value is -1.84. The van der Waals surface area contributed by atoms with Crippen LogP contribution in [-0.2, 0) is 4.79 Å².